The van der Waals surface area contributed by atoms with Crippen LogP contribution in [-0.2, 0) is 0 Å². The minimum atomic E-state index is -0.337. The van der Waals surface area contributed by atoms with Gasteiger partial charge in [-0.25, -0.2) is 4.79 Å². The van der Waals surface area contributed by atoms with E-state index in [9.17, 15) is 9.90 Å². The van der Waals surface area contributed by atoms with E-state index in [1.165, 1.54) is 0 Å². The SMILES string of the molecule is CC(O)CC1CCCN1C(=O)NC(C)C(C)C. The molecule has 1 heterocycles. The molecule has 2 amide bonds. The molecule has 0 aromatic carbocycles. The number of nitrogens with one attached hydrogen (secondary N) is 1. The van der Waals surface area contributed by atoms with Crippen LogP contribution in [0.2, 0.25) is 0 Å². The predicted octanol–water partition coefficient (Wildman–Crippen LogP) is 1.98. The van der Waals surface area contributed by atoms with Gasteiger partial charge in [-0.3, -0.25) is 0 Å². The van der Waals surface area contributed by atoms with Crippen molar-refractivity contribution in [3.8, 4) is 0 Å². The topological polar surface area (TPSA) is 52.6 Å². The molecule has 0 aromatic heterocycles. The standard InChI is InChI=1S/C13H26N2O2/c1-9(2)11(4)14-13(17)15-7-5-6-12(15)8-10(3)16/h9-12,16H,5-8H2,1-4H3,(H,14,17). The van der Waals surface area contributed by atoms with Crippen molar-refractivity contribution in [3.05, 3.63) is 0 Å². The largest absolute Gasteiger partial charge is 0.393 e. The van der Waals surface area contributed by atoms with Crippen LogP contribution < -0.4 is 5.32 Å². The molecule has 1 rings (SSSR count). The highest BCUT2D eigenvalue weighted by Gasteiger charge is 2.30. The van der Waals surface area contributed by atoms with Gasteiger partial charge in [-0.15, -0.1) is 0 Å². The lowest BCUT2D eigenvalue weighted by atomic mass is 10.1. The van der Waals surface area contributed by atoms with Crippen molar-refractivity contribution in [3.63, 3.8) is 0 Å². The summed E-state index contributed by atoms with van der Waals surface area (Å²) in [7, 11) is 0. The van der Waals surface area contributed by atoms with Gasteiger partial charge in [0, 0.05) is 18.6 Å². The molecule has 0 radical (unpaired) electrons. The summed E-state index contributed by atoms with van der Waals surface area (Å²) in [6, 6.07) is 0.416. The molecule has 4 heteroatoms. The van der Waals surface area contributed by atoms with Crippen LogP contribution in [0.3, 0.4) is 0 Å². The van der Waals surface area contributed by atoms with Gasteiger partial charge in [0.05, 0.1) is 6.10 Å². The number of likely N-dealkylation sites (tertiary alicyclic amines) is 1. The van der Waals surface area contributed by atoms with Gasteiger partial charge in [-0.1, -0.05) is 13.8 Å². The van der Waals surface area contributed by atoms with Crippen molar-refractivity contribution < 1.29 is 9.90 Å². The number of rotatable bonds is 4. The lowest BCUT2D eigenvalue weighted by Crippen LogP contribution is -2.47. The third kappa shape index (κ3) is 4.19. The molecule has 100 valence electrons. The maximum Gasteiger partial charge on any atom is 0.317 e. The van der Waals surface area contributed by atoms with Crippen LogP contribution in [0.15, 0.2) is 0 Å². The molecule has 2 N–H and O–H groups in total. The Morgan fingerprint density at radius 2 is 2.06 bits per heavy atom. The van der Waals surface area contributed by atoms with E-state index in [1.54, 1.807) is 6.92 Å². The Labute approximate surface area is 104 Å². The Bertz CT molecular complexity index is 254. The second-order valence-electron chi connectivity index (χ2n) is 5.56. The van der Waals surface area contributed by atoms with E-state index in [2.05, 4.69) is 19.2 Å². The molecule has 0 aromatic rings. The number of carbonyl (C=O) groups is 1. The van der Waals surface area contributed by atoms with Crippen LogP contribution in [0.1, 0.15) is 47.0 Å². The fourth-order valence-corrected chi connectivity index (χ4v) is 2.19. The number of carbonyl (C=O) groups excluding carboxylic acids is 1. The molecule has 3 unspecified atom stereocenters. The first-order chi connectivity index (χ1) is 7.91. The Balaban J connectivity index is 2.50. The Morgan fingerprint density at radius 3 is 2.59 bits per heavy atom. The summed E-state index contributed by atoms with van der Waals surface area (Å²) in [5.74, 6) is 0.441. The number of amides is 2. The molecular formula is C13H26N2O2. The second-order valence-corrected chi connectivity index (χ2v) is 5.56. The van der Waals surface area contributed by atoms with Crippen LogP contribution in [-0.4, -0.2) is 40.8 Å². The highest BCUT2D eigenvalue weighted by atomic mass is 16.3. The summed E-state index contributed by atoms with van der Waals surface area (Å²) in [5.41, 5.74) is 0. The molecule has 1 saturated heterocycles. The molecule has 17 heavy (non-hydrogen) atoms. The number of urea groups is 1. The van der Waals surface area contributed by atoms with E-state index in [0.29, 0.717) is 12.3 Å². The smallest absolute Gasteiger partial charge is 0.317 e. The zero-order valence-electron chi connectivity index (χ0n) is 11.4. The highest BCUT2D eigenvalue weighted by Crippen LogP contribution is 2.21. The molecule has 0 spiro atoms. The van der Waals surface area contributed by atoms with E-state index in [4.69, 9.17) is 0 Å². The summed E-state index contributed by atoms with van der Waals surface area (Å²) >= 11 is 0. The monoisotopic (exact) mass is 242 g/mol. The minimum Gasteiger partial charge on any atom is -0.393 e. The number of nitrogens with zero attached hydrogens (tertiary/aromatic N) is 1. The third-order valence-corrected chi connectivity index (χ3v) is 3.60. The van der Waals surface area contributed by atoms with Gasteiger partial charge in [0.2, 0.25) is 0 Å². The molecule has 4 nitrogen and oxygen atoms in total. The first kappa shape index (κ1) is 14.3. The van der Waals surface area contributed by atoms with Crippen molar-refractivity contribution in [1.29, 1.82) is 0 Å². The fraction of sp³-hybridized carbons (Fsp3) is 0.923. The van der Waals surface area contributed by atoms with Gasteiger partial charge in [-0.05, 0) is 39.0 Å². The van der Waals surface area contributed by atoms with Crippen molar-refractivity contribution in [2.45, 2.75) is 65.1 Å². The zero-order valence-corrected chi connectivity index (χ0v) is 11.4. The van der Waals surface area contributed by atoms with E-state index in [1.807, 2.05) is 11.8 Å². The summed E-state index contributed by atoms with van der Waals surface area (Å²) in [6.07, 6.45) is 2.40. The average molecular weight is 242 g/mol. The third-order valence-electron chi connectivity index (χ3n) is 3.60. The summed E-state index contributed by atoms with van der Waals surface area (Å²) in [4.78, 5) is 14.0. The van der Waals surface area contributed by atoms with E-state index < -0.39 is 0 Å². The van der Waals surface area contributed by atoms with Crippen LogP contribution in [0.5, 0.6) is 0 Å². The second kappa shape index (κ2) is 6.24. The molecule has 1 aliphatic rings. The van der Waals surface area contributed by atoms with Crippen LogP contribution in [0.25, 0.3) is 0 Å². The van der Waals surface area contributed by atoms with Gasteiger partial charge >= 0.3 is 6.03 Å². The summed E-state index contributed by atoms with van der Waals surface area (Å²) in [5, 5.41) is 12.5. The lowest BCUT2D eigenvalue weighted by Gasteiger charge is -2.28. The Morgan fingerprint density at radius 1 is 1.41 bits per heavy atom. The summed E-state index contributed by atoms with van der Waals surface area (Å²) in [6.45, 7) is 8.83. The maximum absolute atomic E-state index is 12.1. The van der Waals surface area contributed by atoms with E-state index >= 15 is 0 Å². The molecule has 1 aliphatic heterocycles. The van der Waals surface area contributed by atoms with Gasteiger partial charge in [0.15, 0.2) is 0 Å². The van der Waals surface area contributed by atoms with Gasteiger partial charge in [0.1, 0.15) is 0 Å². The van der Waals surface area contributed by atoms with Crippen molar-refractivity contribution in [2.75, 3.05) is 6.54 Å². The molecule has 0 saturated carbocycles. The Hall–Kier alpha value is -0.770. The van der Waals surface area contributed by atoms with Crippen molar-refractivity contribution >= 4 is 6.03 Å². The number of aliphatic hydroxyl groups is 1. The van der Waals surface area contributed by atoms with E-state index in [-0.39, 0.29) is 24.2 Å². The Kier molecular flexibility index (Phi) is 5.25. The maximum atomic E-state index is 12.1. The average Bonchev–Trinajstić information content (AvgIpc) is 2.64. The zero-order chi connectivity index (χ0) is 13.0. The number of hydrogen-bond donors (Lipinski definition) is 2. The van der Waals surface area contributed by atoms with Gasteiger partial charge < -0.3 is 15.3 Å². The highest BCUT2D eigenvalue weighted by molar-refractivity contribution is 5.75. The molecule has 1 fully saturated rings. The molecule has 3 atom stereocenters. The predicted molar refractivity (Wildman–Crippen MR) is 68.9 cm³/mol. The number of hydrogen-bond acceptors (Lipinski definition) is 2. The minimum absolute atomic E-state index is 0.0225. The number of aliphatic hydroxyl groups excluding tert-OH is 1. The van der Waals surface area contributed by atoms with Gasteiger partial charge in [-0.2, -0.15) is 0 Å². The summed E-state index contributed by atoms with van der Waals surface area (Å²) < 4.78 is 0. The van der Waals surface area contributed by atoms with Crippen LogP contribution in [0.4, 0.5) is 4.79 Å². The van der Waals surface area contributed by atoms with Crippen molar-refractivity contribution in [1.82, 2.24) is 10.2 Å². The normalized spacial score (nSPS) is 23.9. The first-order valence-corrected chi connectivity index (χ1v) is 6.67. The fourth-order valence-electron chi connectivity index (χ4n) is 2.19. The molecular weight excluding hydrogens is 216 g/mol. The van der Waals surface area contributed by atoms with E-state index in [0.717, 1.165) is 19.4 Å². The quantitative estimate of drug-likeness (QED) is 0.792. The van der Waals surface area contributed by atoms with Crippen LogP contribution in [0, 0.1) is 5.92 Å². The first-order valence-electron chi connectivity index (χ1n) is 6.67. The molecule has 0 aliphatic carbocycles. The lowest BCUT2D eigenvalue weighted by molar-refractivity contribution is 0.136. The van der Waals surface area contributed by atoms with Crippen molar-refractivity contribution in [2.24, 2.45) is 5.92 Å². The van der Waals surface area contributed by atoms with Gasteiger partial charge in [0.25, 0.3) is 0 Å². The molecule has 0 bridgehead atoms. The van der Waals surface area contributed by atoms with Crippen LogP contribution >= 0.6 is 0 Å².